The fourth-order valence-electron chi connectivity index (χ4n) is 2.72. The fourth-order valence-corrected chi connectivity index (χ4v) is 2.72. The van der Waals surface area contributed by atoms with Crippen molar-refractivity contribution < 1.29 is 4.79 Å². The smallest absolute Gasteiger partial charge is 0.322 e. The van der Waals surface area contributed by atoms with E-state index in [1.54, 1.807) is 30.5 Å². The van der Waals surface area contributed by atoms with Crippen LogP contribution < -0.4 is 11.0 Å². The lowest BCUT2D eigenvalue weighted by Gasteiger charge is -2.03. The number of anilines is 1. The number of rotatable bonds is 3. The van der Waals surface area contributed by atoms with E-state index in [2.05, 4.69) is 20.3 Å². The van der Waals surface area contributed by atoms with E-state index in [-0.39, 0.29) is 11.6 Å². The zero-order chi connectivity index (χ0) is 17.2. The number of aromatic nitrogens is 3. The van der Waals surface area contributed by atoms with Gasteiger partial charge in [-0.15, -0.1) is 0 Å². The number of hydrogen-bond donors (Lipinski definition) is 3. The molecule has 1 amide bonds. The van der Waals surface area contributed by atoms with Gasteiger partial charge in [-0.1, -0.05) is 24.3 Å². The molecule has 4 aromatic rings. The summed E-state index contributed by atoms with van der Waals surface area (Å²) in [6, 6.07) is 14.9. The van der Waals surface area contributed by atoms with Crippen molar-refractivity contribution in [3.63, 3.8) is 0 Å². The third kappa shape index (κ3) is 3.05. The highest BCUT2D eigenvalue weighted by Gasteiger charge is 2.03. The van der Waals surface area contributed by atoms with Crippen LogP contribution in [0.1, 0.15) is 5.56 Å². The zero-order valence-corrected chi connectivity index (χ0v) is 13.1. The van der Waals surface area contributed by atoms with Crippen molar-refractivity contribution in [2.24, 2.45) is 0 Å². The number of carbonyl (C=O) groups excluding carboxylic acids is 1. The molecule has 6 heteroatoms. The van der Waals surface area contributed by atoms with Gasteiger partial charge < -0.3 is 15.3 Å². The number of carbonyl (C=O) groups is 1. The zero-order valence-electron chi connectivity index (χ0n) is 13.1. The first-order valence-corrected chi connectivity index (χ1v) is 7.74. The molecule has 0 fully saturated rings. The molecule has 4 rings (SSSR count). The van der Waals surface area contributed by atoms with Crippen molar-refractivity contribution in [2.75, 3.05) is 5.32 Å². The van der Waals surface area contributed by atoms with Gasteiger partial charge in [0.15, 0.2) is 0 Å². The van der Waals surface area contributed by atoms with E-state index in [0.29, 0.717) is 16.7 Å². The molecule has 0 spiro atoms. The average Bonchev–Trinajstić information content (AvgIpc) is 2.99. The number of pyridine rings is 1. The lowest BCUT2D eigenvalue weighted by molar-refractivity contribution is -0.111. The summed E-state index contributed by atoms with van der Waals surface area (Å²) in [5.41, 5.74) is 3.39. The van der Waals surface area contributed by atoms with Crippen LogP contribution in [0.5, 0.6) is 0 Å². The molecular weight excluding hydrogens is 316 g/mol. The van der Waals surface area contributed by atoms with Gasteiger partial charge in [-0.25, -0.2) is 4.79 Å². The molecule has 0 unspecified atom stereocenters. The maximum atomic E-state index is 12.2. The molecule has 2 aromatic heterocycles. The van der Waals surface area contributed by atoms with Gasteiger partial charge >= 0.3 is 5.69 Å². The molecule has 122 valence electrons. The third-order valence-corrected chi connectivity index (χ3v) is 3.86. The fraction of sp³-hybridized carbons (Fsp3) is 0. The topological polar surface area (TPSA) is 90.6 Å². The number of aromatic amines is 2. The van der Waals surface area contributed by atoms with E-state index in [9.17, 15) is 9.59 Å². The summed E-state index contributed by atoms with van der Waals surface area (Å²) < 4.78 is 0. The van der Waals surface area contributed by atoms with E-state index >= 15 is 0 Å². The van der Waals surface area contributed by atoms with Crippen LogP contribution in [0.25, 0.3) is 28.0 Å². The van der Waals surface area contributed by atoms with Crippen molar-refractivity contribution >= 4 is 39.6 Å². The van der Waals surface area contributed by atoms with Gasteiger partial charge in [0.05, 0.1) is 16.6 Å². The van der Waals surface area contributed by atoms with E-state index in [1.165, 1.54) is 6.08 Å². The quantitative estimate of drug-likeness (QED) is 0.504. The van der Waals surface area contributed by atoms with Crippen LogP contribution in [0.2, 0.25) is 0 Å². The van der Waals surface area contributed by atoms with E-state index in [0.717, 1.165) is 16.5 Å². The second kappa shape index (κ2) is 6.09. The Morgan fingerprint density at radius 3 is 2.80 bits per heavy atom. The van der Waals surface area contributed by atoms with Crippen molar-refractivity contribution in [1.29, 1.82) is 0 Å². The van der Waals surface area contributed by atoms with E-state index in [4.69, 9.17) is 0 Å². The Bertz CT molecular complexity index is 1170. The second-order valence-corrected chi connectivity index (χ2v) is 5.58. The first kappa shape index (κ1) is 14.9. The Morgan fingerprint density at radius 1 is 1.04 bits per heavy atom. The van der Waals surface area contributed by atoms with Gasteiger partial charge in [-0.2, -0.15) is 0 Å². The maximum absolute atomic E-state index is 12.2. The molecular formula is C19H14N4O2. The van der Waals surface area contributed by atoms with Crippen molar-refractivity contribution in [3.05, 3.63) is 76.9 Å². The molecule has 0 radical (unpaired) electrons. The number of benzene rings is 2. The van der Waals surface area contributed by atoms with E-state index < -0.39 is 0 Å². The lowest BCUT2D eigenvalue weighted by Crippen LogP contribution is -2.07. The minimum atomic E-state index is -0.276. The highest BCUT2D eigenvalue weighted by Crippen LogP contribution is 2.18. The van der Waals surface area contributed by atoms with Gasteiger partial charge in [0.25, 0.3) is 0 Å². The molecule has 0 aliphatic carbocycles. The first-order valence-electron chi connectivity index (χ1n) is 7.74. The summed E-state index contributed by atoms with van der Waals surface area (Å²) in [6.45, 7) is 0. The van der Waals surface area contributed by atoms with Crippen LogP contribution >= 0.6 is 0 Å². The molecule has 0 saturated carbocycles. The summed E-state index contributed by atoms with van der Waals surface area (Å²) in [5, 5.41) is 3.80. The van der Waals surface area contributed by atoms with Crippen molar-refractivity contribution in [3.8, 4) is 0 Å². The van der Waals surface area contributed by atoms with Crippen LogP contribution in [0.3, 0.4) is 0 Å². The van der Waals surface area contributed by atoms with Crippen LogP contribution in [0.15, 0.2) is 65.6 Å². The monoisotopic (exact) mass is 330 g/mol. The summed E-state index contributed by atoms with van der Waals surface area (Å²) in [5.74, 6) is -0.259. The average molecular weight is 330 g/mol. The Kier molecular flexibility index (Phi) is 3.63. The third-order valence-electron chi connectivity index (χ3n) is 3.86. The number of amides is 1. The Labute approximate surface area is 142 Å². The van der Waals surface area contributed by atoms with Gasteiger partial charge in [0.1, 0.15) is 0 Å². The van der Waals surface area contributed by atoms with Gasteiger partial charge in [0.2, 0.25) is 5.91 Å². The summed E-state index contributed by atoms with van der Waals surface area (Å²) in [7, 11) is 0. The number of fused-ring (bicyclic) bond motifs is 2. The Balaban J connectivity index is 1.56. The molecule has 0 aliphatic rings. The van der Waals surface area contributed by atoms with Crippen molar-refractivity contribution in [1.82, 2.24) is 15.0 Å². The van der Waals surface area contributed by atoms with Crippen LogP contribution in [0.4, 0.5) is 5.69 Å². The number of para-hydroxylation sites is 1. The van der Waals surface area contributed by atoms with Crippen molar-refractivity contribution in [2.45, 2.75) is 0 Å². The molecule has 2 aromatic carbocycles. The van der Waals surface area contributed by atoms with E-state index in [1.807, 2.05) is 30.3 Å². The predicted octanol–water partition coefficient (Wildman–Crippen LogP) is 3.06. The maximum Gasteiger partial charge on any atom is 0.323 e. The minimum absolute atomic E-state index is 0.259. The molecule has 0 saturated heterocycles. The highest BCUT2D eigenvalue weighted by molar-refractivity contribution is 6.03. The largest absolute Gasteiger partial charge is 0.323 e. The van der Waals surface area contributed by atoms with Crippen LogP contribution in [-0.4, -0.2) is 20.9 Å². The predicted molar refractivity (Wildman–Crippen MR) is 98.3 cm³/mol. The Hall–Kier alpha value is -3.67. The number of nitrogens with one attached hydrogen (secondary N) is 3. The standard InChI is InChI=1S/C19H14N4O2/c24-17(21-14-7-8-15-16(11-14)23-19(25)22-15)9-6-13-4-1-3-12-5-2-10-20-18(12)13/h1-11H,(H,21,24)(H2,22,23,25)/b9-6+. The molecule has 0 atom stereocenters. The number of H-pyrrole nitrogens is 2. The van der Waals surface area contributed by atoms with Gasteiger partial charge in [0, 0.05) is 28.9 Å². The van der Waals surface area contributed by atoms with Crippen LogP contribution in [0, 0.1) is 0 Å². The molecule has 0 aliphatic heterocycles. The molecule has 2 heterocycles. The second-order valence-electron chi connectivity index (χ2n) is 5.58. The van der Waals surface area contributed by atoms with Crippen LogP contribution in [-0.2, 0) is 4.79 Å². The van der Waals surface area contributed by atoms with Gasteiger partial charge in [-0.05, 0) is 30.3 Å². The Morgan fingerprint density at radius 2 is 1.88 bits per heavy atom. The number of nitrogens with zero attached hydrogens (tertiary/aromatic N) is 1. The molecule has 0 bridgehead atoms. The molecule has 25 heavy (non-hydrogen) atoms. The molecule has 3 N–H and O–H groups in total. The van der Waals surface area contributed by atoms with Gasteiger partial charge in [-0.3, -0.25) is 9.78 Å². The number of hydrogen-bond acceptors (Lipinski definition) is 3. The number of imidazole rings is 1. The lowest BCUT2D eigenvalue weighted by atomic mass is 10.1. The SMILES string of the molecule is O=C(/C=C/c1cccc2cccnc12)Nc1ccc2[nH]c(=O)[nH]c2c1. The summed E-state index contributed by atoms with van der Waals surface area (Å²) in [6.07, 6.45) is 4.93. The molecule has 6 nitrogen and oxygen atoms in total. The summed E-state index contributed by atoms with van der Waals surface area (Å²) in [4.78, 5) is 33.1. The highest BCUT2D eigenvalue weighted by atomic mass is 16.1. The normalized spacial score (nSPS) is 11.4. The summed E-state index contributed by atoms with van der Waals surface area (Å²) >= 11 is 0. The minimum Gasteiger partial charge on any atom is -0.322 e. The first-order chi connectivity index (χ1) is 12.2.